The van der Waals surface area contributed by atoms with E-state index in [0.717, 1.165) is 42.1 Å². The standard InChI is InChI=1S/C11H15BrN2OS/c12-8-1-6-16-11(8)10(15)9-7-13-2-4-14(9)5-3-13/h1,6,9-10,15H,2-5,7H2. The number of rotatable bonds is 2. The summed E-state index contributed by atoms with van der Waals surface area (Å²) < 4.78 is 1.04. The molecule has 2 unspecified atom stereocenters. The van der Waals surface area contributed by atoms with Gasteiger partial charge in [-0.1, -0.05) is 0 Å². The number of hydrogen-bond donors (Lipinski definition) is 1. The van der Waals surface area contributed by atoms with Gasteiger partial charge in [-0.25, -0.2) is 0 Å². The minimum Gasteiger partial charge on any atom is -0.386 e. The molecule has 4 rings (SSSR count). The number of hydrogen-bond acceptors (Lipinski definition) is 4. The molecule has 3 aliphatic heterocycles. The van der Waals surface area contributed by atoms with Crippen LogP contribution in [0.15, 0.2) is 15.9 Å². The van der Waals surface area contributed by atoms with Gasteiger partial charge in [-0.3, -0.25) is 9.80 Å². The number of piperazine rings is 3. The fourth-order valence-electron chi connectivity index (χ4n) is 2.65. The monoisotopic (exact) mass is 302 g/mol. The van der Waals surface area contributed by atoms with E-state index >= 15 is 0 Å². The van der Waals surface area contributed by atoms with Gasteiger partial charge in [0.15, 0.2) is 0 Å². The highest BCUT2D eigenvalue weighted by Crippen LogP contribution is 2.34. The number of aliphatic hydroxyl groups excluding tert-OH is 1. The molecule has 3 fully saturated rings. The van der Waals surface area contributed by atoms with E-state index in [2.05, 4.69) is 25.7 Å². The lowest BCUT2D eigenvalue weighted by molar-refractivity contribution is -0.0461. The van der Waals surface area contributed by atoms with Crippen molar-refractivity contribution in [2.75, 3.05) is 32.7 Å². The Hall–Kier alpha value is 0.0600. The average Bonchev–Trinajstić information content (AvgIpc) is 2.76. The molecule has 3 saturated heterocycles. The highest BCUT2D eigenvalue weighted by Gasteiger charge is 2.37. The van der Waals surface area contributed by atoms with Crippen LogP contribution in [0.1, 0.15) is 11.0 Å². The number of nitrogens with zero attached hydrogens (tertiary/aromatic N) is 2. The van der Waals surface area contributed by atoms with Crippen molar-refractivity contribution in [2.24, 2.45) is 0 Å². The second-order valence-electron chi connectivity index (χ2n) is 4.48. The predicted octanol–water partition coefficient (Wildman–Crippen LogP) is 1.54. The fraction of sp³-hybridized carbons (Fsp3) is 0.636. The summed E-state index contributed by atoms with van der Waals surface area (Å²) >= 11 is 5.14. The van der Waals surface area contributed by atoms with Crippen molar-refractivity contribution >= 4 is 27.3 Å². The average molecular weight is 303 g/mol. The van der Waals surface area contributed by atoms with Gasteiger partial charge in [-0.2, -0.15) is 0 Å². The van der Waals surface area contributed by atoms with Crippen LogP contribution in [0.3, 0.4) is 0 Å². The van der Waals surface area contributed by atoms with Crippen LogP contribution in [-0.4, -0.2) is 53.7 Å². The maximum Gasteiger partial charge on any atom is 0.106 e. The summed E-state index contributed by atoms with van der Waals surface area (Å²) in [5.74, 6) is 0. The van der Waals surface area contributed by atoms with Crippen molar-refractivity contribution in [3.8, 4) is 0 Å². The van der Waals surface area contributed by atoms with E-state index in [1.807, 2.05) is 11.4 Å². The van der Waals surface area contributed by atoms with Crippen LogP contribution in [0.25, 0.3) is 0 Å². The van der Waals surface area contributed by atoms with Crippen molar-refractivity contribution in [3.05, 3.63) is 20.8 Å². The Morgan fingerprint density at radius 2 is 2.12 bits per heavy atom. The first-order valence-electron chi connectivity index (χ1n) is 5.63. The first-order chi connectivity index (χ1) is 7.75. The van der Waals surface area contributed by atoms with E-state index in [9.17, 15) is 5.11 Å². The second kappa shape index (κ2) is 4.38. The zero-order valence-corrected chi connectivity index (χ0v) is 11.4. The molecule has 2 bridgehead atoms. The third-order valence-corrected chi connectivity index (χ3v) is 5.54. The molecule has 0 spiro atoms. The van der Waals surface area contributed by atoms with Gasteiger partial charge < -0.3 is 5.11 Å². The van der Waals surface area contributed by atoms with Crippen molar-refractivity contribution in [1.29, 1.82) is 0 Å². The topological polar surface area (TPSA) is 26.7 Å². The Bertz CT molecular complexity index is 376. The molecule has 1 aromatic heterocycles. The molecular formula is C11H15BrN2OS. The quantitative estimate of drug-likeness (QED) is 0.898. The summed E-state index contributed by atoms with van der Waals surface area (Å²) in [4.78, 5) is 5.95. The number of halogens is 1. The van der Waals surface area contributed by atoms with Gasteiger partial charge in [0.1, 0.15) is 6.10 Å². The molecule has 4 heterocycles. The van der Waals surface area contributed by atoms with Gasteiger partial charge >= 0.3 is 0 Å². The van der Waals surface area contributed by atoms with E-state index in [1.165, 1.54) is 0 Å². The Balaban J connectivity index is 1.80. The van der Waals surface area contributed by atoms with E-state index in [4.69, 9.17) is 0 Å². The van der Waals surface area contributed by atoms with Crippen molar-refractivity contribution in [1.82, 2.24) is 9.80 Å². The van der Waals surface area contributed by atoms with Gasteiger partial charge in [0.05, 0.1) is 6.04 Å². The number of fused-ring (bicyclic) bond motifs is 3. The normalized spacial score (nSPS) is 35.2. The summed E-state index contributed by atoms with van der Waals surface area (Å²) in [6.45, 7) is 5.53. The van der Waals surface area contributed by atoms with Gasteiger partial charge in [0.2, 0.25) is 0 Å². The van der Waals surface area contributed by atoms with Crippen LogP contribution >= 0.6 is 27.3 Å². The van der Waals surface area contributed by atoms with Crippen molar-refractivity contribution < 1.29 is 5.11 Å². The molecule has 88 valence electrons. The Morgan fingerprint density at radius 1 is 1.38 bits per heavy atom. The fourth-order valence-corrected chi connectivity index (χ4v) is 4.30. The number of aliphatic hydroxyl groups is 1. The van der Waals surface area contributed by atoms with Crippen LogP contribution in [-0.2, 0) is 0 Å². The third kappa shape index (κ3) is 1.84. The van der Waals surface area contributed by atoms with E-state index in [0.29, 0.717) is 0 Å². The minimum atomic E-state index is -0.350. The molecule has 0 radical (unpaired) electrons. The minimum absolute atomic E-state index is 0.275. The molecule has 5 heteroatoms. The zero-order chi connectivity index (χ0) is 11.1. The maximum absolute atomic E-state index is 10.4. The highest BCUT2D eigenvalue weighted by atomic mass is 79.9. The highest BCUT2D eigenvalue weighted by molar-refractivity contribution is 9.10. The molecule has 3 nitrogen and oxygen atoms in total. The predicted molar refractivity (Wildman–Crippen MR) is 68.8 cm³/mol. The van der Waals surface area contributed by atoms with Gasteiger partial charge in [-0.05, 0) is 27.4 Å². The summed E-state index contributed by atoms with van der Waals surface area (Å²) in [7, 11) is 0. The van der Waals surface area contributed by atoms with Gasteiger partial charge in [-0.15, -0.1) is 11.3 Å². The van der Waals surface area contributed by atoms with Crippen LogP contribution < -0.4 is 0 Å². The zero-order valence-electron chi connectivity index (χ0n) is 8.97. The maximum atomic E-state index is 10.4. The molecule has 0 aliphatic carbocycles. The molecule has 1 aromatic rings. The summed E-state index contributed by atoms with van der Waals surface area (Å²) in [6.07, 6.45) is -0.350. The summed E-state index contributed by atoms with van der Waals surface area (Å²) in [5, 5.41) is 12.5. The number of thiophene rings is 1. The molecule has 0 amide bonds. The first kappa shape index (κ1) is 11.2. The van der Waals surface area contributed by atoms with E-state index in [1.54, 1.807) is 11.3 Å². The van der Waals surface area contributed by atoms with Crippen molar-refractivity contribution in [3.63, 3.8) is 0 Å². The van der Waals surface area contributed by atoms with E-state index < -0.39 is 0 Å². The summed E-state index contributed by atoms with van der Waals surface area (Å²) in [6, 6.07) is 2.29. The molecule has 0 aromatic carbocycles. The second-order valence-corrected chi connectivity index (χ2v) is 6.28. The smallest absolute Gasteiger partial charge is 0.106 e. The molecule has 2 atom stereocenters. The summed E-state index contributed by atoms with van der Waals surface area (Å²) in [5.41, 5.74) is 0. The van der Waals surface area contributed by atoms with Crippen LogP contribution in [0.2, 0.25) is 0 Å². The van der Waals surface area contributed by atoms with Gasteiger partial charge in [0, 0.05) is 42.1 Å². The van der Waals surface area contributed by atoms with Gasteiger partial charge in [0.25, 0.3) is 0 Å². The Labute approximate surface area is 108 Å². The lowest BCUT2D eigenvalue weighted by atomic mass is 10.0. The Morgan fingerprint density at radius 3 is 2.62 bits per heavy atom. The molecule has 0 saturated carbocycles. The first-order valence-corrected chi connectivity index (χ1v) is 7.30. The van der Waals surface area contributed by atoms with Crippen LogP contribution in [0.5, 0.6) is 0 Å². The lowest BCUT2D eigenvalue weighted by Crippen LogP contribution is -2.62. The van der Waals surface area contributed by atoms with Crippen LogP contribution in [0, 0.1) is 0 Å². The molecule has 3 aliphatic rings. The molecule has 1 N–H and O–H groups in total. The Kier molecular flexibility index (Phi) is 3.06. The largest absolute Gasteiger partial charge is 0.386 e. The third-order valence-electron chi connectivity index (χ3n) is 3.60. The molecule has 16 heavy (non-hydrogen) atoms. The van der Waals surface area contributed by atoms with Crippen LogP contribution in [0.4, 0.5) is 0 Å². The lowest BCUT2D eigenvalue weighted by Gasteiger charge is -2.48. The van der Waals surface area contributed by atoms with Crippen molar-refractivity contribution in [2.45, 2.75) is 12.1 Å². The SMILES string of the molecule is OC(c1sccc1Br)C1CN2CCN1CC2. The van der Waals surface area contributed by atoms with E-state index in [-0.39, 0.29) is 12.1 Å². The molecular weight excluding hydrogens is 288 g/mol.